The fourth-order valence-electron chi connectivity index (χ4n) is 1.66. The highest BCUT2D eigenvalue weighted by molar-refractivity contribution is 9.10. The van der Waals surface area contributed by atoms with Crippen LogP contribution in [-0.2, 0) is 4.79 Å². The number of benzene rings is 1. The van der Waals surface area contributed by atoms with Crippen molar-refractivity contribution in [2.24, 2.45) is 0 Å². The van der Waals surface area contributed by atoms with Gasteiger partial charge in [0.2, 0.25) is 5.91 Å². The topological polar surface area (TPSA) is 42.0 Å². The second-order valence-electron chi connectivity index (χ2n) is 3.90. The van der Waals surface area contributed by atoms with Crippen molar-refractivity contribution in [3.8, 4) is 0 Å². The maximum atomic E-state index is 11.7. The molecule has 0 fully saturated rings. The van der Waals surface area contributed by atoms with E-state index in [1.165, 1.54) is 6.08 Å². The number of carbonyl (C=O) groups excluding carboxylic acids is 1. The summed E-state index contributed by atoms with van der Waals surface area (Å²) in [5.74, 6) is -0.171. The number of aromatic nitrogens is 1. The van der Waals surface area contributed by atoms with E-state index >= 15 is 0 Å². The first-order valence-corrected chi connectivity index (χ1v) is 6.64. The predicted molar refractivity (Wildman–Crippen MR) is 82.0 cm³/mol. The van der Waals surface area contributed by atoms with Crippen LogP contribution in [0.15, 0.2) is 59.2 Å². The third kappa shape index (κ3) is 3.51. The number of nitrogens with zero attached hydrogens (tertiary/aromatic N) is 1. The maximum Gasteiger partial charge on any atom is 0.248 e. The molecule has 3 nitrogen and oxygen atoms in total. The number of fused-ring (bicyclic) bond motifs is 1. The van der Waals surface area contributed by atoms with Gasteiger partial charge in [-0.05, 0) is 35.0 Å². The second-order valence-corrected chi connectivity index (χ2v) is 4.82. The normalized spacial score (nSPS) is 11.5. The monoisotopic (exact) mass is 316 g/mol. The molecule has 0 aliphatic carbocycles. The molecule has 0 aliphatic rings. The zero-order chi connectivity index (χ0) is 13.7. The Morgan fingerprint density at radius 2 is 2.21 bits per heavy atom. The van der Waals surface area contributed by atoms with Gasteiger partial charge in [-0.2, -0.15) is 0 Å². The second kappa shape index (κ2) is 6.29. The van der Waals surface area contributed by atoms with Crippen LogP contribution in [-0.4, -0.2) is 10.9 Å². The Kier molecular flexibility index (Phi) is 4.47. The Morgan fingerprint density at radius 3 is 3.00 bits per heavy atom. The lowest BCUT2D eigenvalue weighted by Gasteiger charge is -2.06. The van der Waals surface area contributed by atoms with E-state index in [0.29, 0.717) is 5.69 Å². The van der Waals surface area contributed by atoms with Gasteiger partial charge in [0.15, 0.2) is 0 Å². The summed E-state index contributed by atoms with van der Waals surface area (Å²) in [7, 11) is 0. The number of rotatable bonds is 3. The molecule has 1 aromatic carbocycles. The largest absolute Gasteiger partial charge is 0.321 e. The van der Waals surface area contributed by atoms with Crippen molar-refractivity contribution in [2.75, 3.05) is 5.32 Å². The van der Waals surface area contributed by atoms with Crippen molar-refractivity contribution in [1.29, 1.82) is 0 Å². The van der Waals surface area contributed by atoms with Crippen LogP contribution in [0.2, 0.25) is 0 Å². The van der Waals surface area contributed by atoms with Crippen molar-refractivity contribution in [2.45, 2.75) is 6.92 Å². The number of anilines is 1. The van der Waals surface area contributed by atoms with Crippen LogP contribution in [0.5, 0.6) is 0 Å². The van der Waals surface area contributed by atoms with Crippen molar-refractivity contribution >= 4 is 38.4 Å². The van der Waals surface area contributed by atoms with Crippen molar-refractivity contribution in [3.63, 3.8) is 0 Å². The summed E-state index contributed by atoms with van der Waals surface area (Å²) in [5, 5.41) is 3.80. The third-order valence-corrected chi connectivity index (χ3v) is 2.92. The van der Waals surface area contributed by atoms with Crippen LogP contribution in [0.1, 0.15) is 6.92 Å². The molecule has 0 spiro atoms. The predicted octanol–water partition coefficient (Wildman–Crippen LogP) is 4.07. The first kappa shape index (κ1) is 13.5. The summed E-state index contributed by atoms with van der Waals surface area (Å²) in [6, 6.07) is 7.65. The van der Waals surface area contributed by atoms with Gasteiger partial charge in [-0.15, -0.1) is 0 Å². The Labute approximate surface area is 120 Å². The Bertz CT molecular complexity index is 662. The lowest BCUT2D eigenvalue weighted by Crippen LogP contribution is -2.08. The molecule has 0 saturated carbocycles. The molecule has 0 bridgehead atoms. The minimum absolute atomic E-state index is 0.171. The first-order valence-electron chi connectivity index (χ1n) is 5.85. The molecule has 19 heavy (non-hydrogen) atoms. The summed E-state index contributed by atoms with van der Waals surface area (Å²) < 4.78 is 0.913. The number of halogens is 1. The SMILES string of the molecule is CC=CC=CC(=O)Nc1cccc2cc(Br)cnc12. The van der Waals surface area contributed by atoms with Gasteiger partial charge in [-0.1, -0.05) is 30.4 Å². The lowest BCUT2D eigenvalue weighted by atomic mass is 10.2. The summed E-state index contributed by atoms with van der Waals surface area (Å²) in [4.78, 5) is 16.1. The molecular formula is C15H13BrN2O. The van der Waals surface area contributed by atoms with Gasteiger partial charge in [-0.3, -0.25) is 9.78 Å². The number of hydrogen-bond acceptors (Lipinski definition) is 2. The van der Waals surface area contributed by atoms with Crippen molar-refractivity contribution in [1.82, 2.24) is 4.98 Å². The smallest absolute Gasteiger partial charge is 0.248 e. The summed E-state index contributed by atoms with van der Waals surface area (Å²) in [6.45, 7) is 1.90. The number of para-hydroxylation sites is 1. The molecule has 2 aromatic rings. The van der Waals surface area contributed by atoms with Crippen molar-refractivity contribution < 1.29 is 4.79 Å². The molecule has 1 heterocycles. The quantitative estimate of drug-likeness (QED) is 0.685. The first-order chi connectivity index (χ1) is 9.20. The van der Waals surface area contributed by atoms with E-state index < -0.39 is 0 Å². The maximum absolute atomic E-state index is 11.7. The van der Waals surface area contributed by atoms with E-state index in [4.69, 9.17) is 0 Å². The van der Waals surface area contributed by atoms with Gasteiger partial charge in [0, 0.05) is 22.1 Å². The lowest BCUT2D eigenvalue weighted by molar-refractivity contribution is -0.111. The van der Waals surface area contributed by atoms with Crippen LogP contribution >= 0.6 is 15.9 Å². The van der Waals surface area contributed by atoms with Crippen LogP contribution in [0.4, 0.5) is 5.69 Å². The standard InChI is InChI=1S/C15H13BrN2O/c1-2-3-4-8-14(19)18-13-7-5-6-11-9-12(16)10-17-15(11)13/h2-10H,1H3,(H,18,19). The number of allylic oxidation sites excluding steroid dienone is 3. The van der Waals surface area contributed by atoms with Crippen LogP contribution in [0.25, 0.3) is 10.9 Å². The van der Waals surface area contributed by atoms with E-state index in [1.807, 2.05) is 37.3 Å². The highest BCUT2D eigenvalue weighted by Crippen LogP contribution is 2.23. The van der Waals surface area contributed by atoms with Crippen molar-refractivity contribution in [3.05, 3.63) is 59.2 Å². The Balaban J connectivity index is 2.28. The number of pyridine rings is 1. The average Bonchev–Trinajstić information content (AvgIpc) is 2.39. The van der Waals surface area contributed by atoms with Crippen LogP contribution < -0.4 is 5.32 Å². The van der Waals surface area contributed by atoms with Crippen LogP contribution in [0, 0.1) is 0 Å². The van der Waals surface area contributed by atoms with E-state index in [0.717, 1.165) is 15.4 Å². The van der Waals surface area contributed by atoms with E-state index in [-0.39, 0.29) is 5.91 Å². The van der Waals surface area contributed by atoms with Gasteiger partial charge in [0.1, 0.15) is 0 Å². The van der Waals surface area contributed by atoms with Gasteiger partial charge in [0.25, 0.3) is 0 Å². The highest BCUT2D eigenvalue weighted by atomic mass is 79.9. The van der Waals surface area contributed by atoms with E-state index in [1.54, 1.807) is 18.3 Å². The number of nitrogens with one attached hydrogen (secondary N) is 1. The number of hydrogen-bond donors (Lipinski definition) is 1. The summed E-state index contributed by atoms with van der Waals surface area (Å²) in [5.41, 5.74) is 1.48. The molecule has 0 unspecified atom stereocenters. The molecule has 1 N–H and O–H groups in total. The molecule has 2 rings (SSSR count). The highest BCUT2D eigenvalue weighted by Gasteiger charge is 2.04. The molecule has 0 atom stereocenters. The Morgan fingerprint density at radius 1 is 1.37 bits per heavy atom. The molecule has 0 saturated heterocycles. The molecule has 4 heteroatoms. The molecule has 1 amide bonds. The molecular weight excluding hydrogens is 304 g/mol. The molecule has 96 valence electrons. The minimum Gasteiger partial charge on any atom is -0.321 e. The van der Waals surface area contributed by atoms with E-state index in [2.05, 4.69) is 26.2 Å². The zero-order valence-electron chi connectivity index (χ0n) is 10.4. The van der Waals surface area contributed by atoms with E-state index in [9.17, 15) is 4.79 Å². The Hall–Kier alpha value is -1.94. The molecule has 0 aliphatic heterocycles. The van der Waals surface area contributed by atoms with Gasteiger partial charge in [0.05, 0.1) is 11.2 Å². The minimum atomic E-state index is -0.171. The number of carbonyl (C=O) groups is 1. The van der Waals surface area contributed by atoms with Gasteiger partial charge >= 0.3 is 0 Å². The molecule has 1 aromatic heterocycles. The molecule has 0 radical (unpaired) electrons. The van der Waals surface area contributed by atoms with Crippen LogP contribution in [0.3, 0.4) is 0 Å². The number of amides is 1. The summed E-state index contributed by atoms with van der Waals surface area (Å²) in [6.07, 6.45) is 8.56. The fraction of sp³-hybridized carbons (Fsp3) is 0.0667. The summed E-state index contributed by atoms with van der Waals surface area (Å²) >= 11 is 3.38. The van der Waals surface area contributed by atoms with Gasteiger partial charge < -0.3 is 5.32 Å². The van der Waals surface area contributed by atoms with Gasteiger partial charge in [-0.25, -0.2) is 0 Å². The third-order valence-electron chi connectivity index (χ3n) is 2.49. The average molecular weight is 317 g/mol. The fourth-order valence-corrected chi connectivity index (χ4v) is 2.01. The zero-order valence-corrected chi connectivity index (χ0v) is 12.0.